The molecule has 2 nitrogen and oxygen atoms in total. The molecule has 2 rings (SSSR count). The predicted molar refractivity (Wildman–Crippen MR) is 59.9 cm³/mol. The number of rotatable bonds is 2. The van der Waals surface area contributed by atoms with Gasteiger partial charge < -0.3 is 10.5 Å². The molecule has 0 radical (unpaired) electrons. The molecule has 17 heavy (non-hydrogen) atoms. The van der Waals surface area contributed by atoms with Crippen LogP contribution in [0.15, 0.2) is 36.4 Å². The molecule has 2 aromatic carbocycles. The van der Waals surface area contributed by atoms with Crippen LogP contribution in [0.4, 0.5) is 18.9 Å². The minimum absolute atomic E-state index is 0.187. The predicted octanol–water partition coefficient (Wildman–Crippen LogP) is 3.36. The van der Waals surface area contributed by atoms with Crippen LogP contribution < -0.4 is 10.5 Å². The van der Waals surface area contributed by atoms with Crippen LogP contribution in [0.1, 0.15) is 0 Å². The third kappa shape index (κ3) is 2.61. The molecule has 0 heterocycles. The van der Waals surface area contributed by atoms with Crippen molar-refractivity contribution in [3.05, 3.63) is 36.4 Å². The number of hydrogen-bond donors (Lipinski definition) is 1. The van der Waals surface area contributed by atoms with Crippen LogP contribution >= 0.6 is 0 Å². The van der Waals surface area contributed by atoms with E-state index in [1.165, 1.54) is 6.07 Å². The van der Waals surface area contributed by atoms with E-state index in [9.17, 15) is 13.2 Å². The molecule has 5 heteroatoms. The molecule has 0 fully saturated rings. The molecule has 0 aliphatic carbocycles. The van der Waals surface area contributed by atoms with Gasteiger partial charge in [-0.25, -0.2) is 0 Å². The van der Waals surface area contributed by atoms with Gasteiger partial charge in [-0.1, -0.05) is 24.3 Å². The Kier molecular flexibility index (Phi) is 2.83. The Hall–Kier alpha value is -1.91. The van der Waals surface area contributed by atoms with Gasteiger partial charge in [-0.15, -0.1) is 0 Å². The third-order valence-corrected chi connectivity index (χ3v) is 2.31. The third-order valence-electron chi connectivity index (χ3n) is 2.31. The molecule has 2 aromatic rings. The Morgan fingerprint density at radius 3 is 2.35 bits per heavy atom. The van der Waals surface area contributed by atoms with Crippen molar-refractivity contribution >= 4 is 16.5 Å². The minimum Gasteiger partial charge on any atom is -0.483 e. The lowest BCUT2D eigenvalue weighted by Crippen LogP contribution is -2.19. The maximum Gasteiger partial charge on any atom is 0.422 e. The zero-order valence-electron chi connectivity index (χ0n) is 8.79. The fourth-order valence-electron chi connectivity index (χ4n) is 1.59. The normalized spacial score (nSPS) is 11.7. The summed E-state index contributed by atoms with van der Waals surface area (Å²) in [6, 6.07) is 9.90. The first-order chi connectivity index (χ1) is 7.97. The number of ether oxygens (including phenoxy) is 1. The van der Waals surface area contributed by atoms with Crippen molar-refractivity contribution < 1.29 is 17.9 Å². The molecule has 90 valence electrons. The molecule has 0 aliphatic rings. The molecule has 0 spiro atoms. The second-order valence-electron chi connectivity index (χ2n) is 3.60. The van der Waals surface area contributed by atoms with Crippen molar-refractivity contribution in [2.24, 2.45) is 0 Å². The molecule has 0 saturated carbocycles. The number of hydrogen-bond acceptors (Lipinski definition) is 2. The summed E-state index contributed by atoms with van der Waals surface area (Å²) in [5.74, 6) is 0.187. The van der Waals surface area contributed by atoms with Crippen molar-refractivity contribution in [3.63, 3.8) is 0 Å². The SMILES string of the molecule is Nc1cccc2c(OCC(F)(F)F)cccc12. The van der Waals surface area contributed by atoms with Crippen molar-refractivity contribution in [2.75, 3.05) is 12.3 Å². The second kappa shape index (κ2) is 4.16. The highest BCUT2D eigenvalue weighted by molar-refractivity contribution is 5.96. The van der Waals surface area contributed by atoms with Gasteiger partial charge in [-0.2, -0.15) is 13.2 Å². The van der Waals surface area contributed by atoms with E-state index in [-0.39, 0.29) is 5.75 Å². The van der Waals surface area contributed by atoms with Crippen LogP contribution in [0.25, 0.3) is 10.8 Å². The molecule has 2 N–H and O–H groups in total. The first-order valence-electron chi connectivity index (χ1n) is 4.94. The van der Waals surface area contributed by atoms with Crippen molar-refractivity contribution in [2.45, 2.75) is 6.18 Å². The monoisotopic (exact) mass is 241 g/mol. The van der Waals surface area contributed by atoms with Gasteiger partial charge in [0.25, 0.3) is 0 Å². The van der Waals surface area contributed by atoms with Crippen LogP contribution in [0.2, 0.25) is 0 Å². The highest BCUT2D eigenvalue weighted by atomic mass is 19.4. The molecule has 0 amide bonds. The van der Waals surface area contributed by atoms with Crippen LogP contribution in [-0.2, 0) is 0 Å². The number of nitrogen functional groups attached to an aromatic ring is 1. The van der Waals surface area contributed by atoms with Gasteiger partial charge in [0.1, 0.15) is 5.75 Å². The molecule has 0 unspecified atom stereocenters. The van der Waals surface area contributed by atoms with Crippen LogP contribution in [0.5, 0.6) is 5.75 Å². The van der Waals surface area contributed by atoms with Crippen molar-refractivity contribution in [1.82, 2.24) is 0 Å². The Bertz CT molecular complexity index is 537. The number of fused-ring (bicyclic) bond motifs is 1. The number of nitrogens with two attached hydrogens (primary N) is 1. The first kappa shape index (κ1) is 11.6. The number of halogens is 3. The van der Waals surface area contributed by atoms with E-state index in [1.807, 2.05) is 0 Å². The van der Waals surface area contributed by atoms with Crippen LogP contribution in [0, 0.1) is 0 Å². The Balaban J connectivity index is 2.38. The van der Waals surface area contributed by atoms with Gasteiger partial charge in [-0.05, 0) is 12.1 Å². The summed E-state index contributed by atoms with van der Waals surface area (Å²) in [4.78, 5) is 0. The van der Waals surface area contributed by atoms with Gasteiger partial charge in [0.15, 0.2) is 6.61 Å². The summed E-state index contributed by atoms with van der Waals surface area (Å²) in [5, 5.41) is 1.27. The van der Waals surface area contributed by atoms with Crippen molar-refractivity contribution in [1.29, 1.82) is 0 Å². The maximum atomic E-state index is 12.1. The standard InChI is InChI=1S/C12H10F3NO/c13-12(14,15)7-17-11-6-2-3-8-9(11)4-1-5-10(8)16/h1-6H,7,16H2. The molecule has 0 bridgehead atoms. The molecular weight excluding hydrogens is 231 g/mol. The molecular formula is C12H10F3NO. The molecule has 0 aromatic heterocycles. The highest BCUT2D eigenvalue weighted by Gasteiger charge is 2.28. The zero-order valence-corrected chi connectivity index (χ0v) is 8.79. The average Bonchev–Trinajstić information content (AvgIpc) is 2.26. The summed E-state index contributed by atoms with van der Waals surface area (Å²) in [6.07, 6.45) is -4.34. The average molecular weight is 241 g/mol. The Labute approximate surface area is 95.8 Å². The van der Waals surface area contributed by atoms with Gasteiger partial charge >= 0.3 is 6.18 Å². The minimum atomic E-state index is -4.34. The molecule has 0 saturated heterocycles. The smallest absolute Gasteiger partial charge is 0.422 e. The zero-order chi connectivity index (χ0) is 12.5. The first-order valence-corrected chi connectivity index (χ1v) is 4.94. The van der Waals surface area contributed by atoms with Crippen LogP contribution in [0.3, 0.4) is 0 Å². The fourth-order valence-corrected chi connectivity index (χ4v) is 1.59. The summed E-state index contributed by atoms with van der Waals surface area (Å²) in [6.45, 7) is -1.30. The fraction of sp³-hybridized carbons (Fsp3) is 0.167. The Morgan fingerprint density at radius 1 is 1.00 bits per heavy atom. The van der Waals surface area contributed by atoms with E-state index in [0.29, 0.717) is 16.5 Å². The number of benzene rings is 2. The molecule has 0 aliphatic heterocycles. The van der Waals surface area contributed by atoms with E-state index >= 15 is 0 Å². The van der Waals surface area contributed by atoms with E-state index in [1.54, 1.807) is 30.3 Å². The summed E-state index contributed by atoms with van der Waals surface area (Å²) >= 11 is 0. The second-order valence-corrected chi connectivity index (χ2v) is 3.60. The lowest BCUT2D eigenvalue weighted by molar-refractivity contribution is -0.153. The maximum absolute atomic E-state index is 12.1. The van der Waals surface area contributed by atoms with Crippen molar-refractivity contribution in [3.8, 4) is 5.75 Å². The van der Waals surface area contributed by atoms with Gasteiger partial charge in [-0.3, -0.25) is 0 Å². The van der Waals surface area contributed by atoms with Gasteiger partial charge in [0.2, 0.25) is 0 Å². The largest absolute Gasteiger partial charge is 0.483 e. The quantitative estimate of drug-likeness (QED) is 0.818. The van der Waals surface area contributed by atoms with E-state index in [4.69, 9.17) is 10.5 Å². The van der Waals surface area contributed by atoms with Crippen LogP contribution in [-0.4, -0.2) is 12.8 Å². The lowest BCUT2D eigenvalue weighted by Gasteiger charge is -2.12. The summed E-state index contributed by atoms with van der Waals surface area (Å²) in [5.41, 5.74) is 6.24. The Morgan fingerprint density at radius 2 is 1.65 bits per heavy atom. The summed E-state index contributed by atoms with van der Waals surface area (Å²) < 4.78 is 41.0. The lowest BCUT2D eigenvalue weighted by atomic mass is 10.1. The van der Waals surface area contributed by atoms with E-state index in [0.717, 1.165) is 0 Å². The highest BCUT2D eigenvalue weighted by Crippen LogP contribution is 2.30. The van der Waals surface area contributed by atoms with Gasteiger partial charge in [0.05, 0.1) is 0 Å². The summed E-state index contributed by atoms with van der Waals surface area (Å²) in [7, 11) is 0. The molecule has 0 atom stereocenters. The topological polar surface area (TPSA) is 35.2 Å². The van der Waals surface area contributed by atoms with E-state index < -0.39 is 12.8 Å². The van der Waals surface area contributed by atoms with E-state index in [2.05, 4.69) is 0 Å². The number of alkyl halides is 3. The number of anilines is 1. The van der Waals surface area contributed by atoms with Gasteiger partial charge in [0, 0.05) is 16.5 Å².